The molecule has 2 N–H and O–H groups in total. The number of anilines is 1. The maximum atomic E-state index is 12.2. The number of hydrogen-bond acceptors (Lipinski definition) is 3. The van der Waals surface area contributed by atoms with Crippen LogP contribution in [-0.2, 0) is 6.54 Å². The van der Waals surface area contributed by atoms with Gasteiger partial charge in [0.15, 0.2) is 0 Å². The van der Waals surface area contributed by atoms with E-state index >= 15 is 0 Å². The van der Waals surface area contributed by atoms with Gasteiger partial charge in [-0.25, -0.2) is 0 Å². The summed E-state index contributed by atoms with van der Waals surface area (Å²) in [5, 5.41) is 12.7. The van der Waals surface area contributed by atoms with Crippen LogP contribution in [0.5, 0.6) is 5.75 Å². The number of aryl methyl sites for hydroxylation is 1. The summed E-state index contributed by atoms with van der Waals surface area (Å²) in [6.45, 7) is 2.27. The molecule has 0 radical (unpaired) electrons. The van der Waals surface area contributed by atoms with Crippen LogP contribution in [0.4, 0.5) is 18.9 Å². The van der Waals surface area contributed by atoms with Crippen LogP contribution in [0.25, 0.3) is 0 Å². The maximum absolute atomic E-state index is 12.2. The second-order valence-corrected chi connectivity index (χ2v) is 5.69. The molecule has 0 atom stereocenters. The quantitative estimate of drug-likeness (QED) is 0.785. The van der Waals surface area contributed by atoms with Crippen LogP contribution < -0.4 is 5.32 Å². The third kappa shape index (κ3) is 4.90. The molecular weight excluding hydrogens is 299 g/mol. The Kier molecular flexibility index (Phi) is 4.67. The van der Waals surface area contributed by atoms with Gasteiger partial charge in [0.05, 0.1) is 0 Å². The summed E-state index contributed by atoms with van der Waals surface area (Å²) in [7, 11) is 0. The fourth-order valence-corrected chi connectivity index (χ4v) is 2.27. The van der Waals surface area contributed by atoms with Gasteiger partial charge in [0, 0.05) is 23.2 Å². The van der Waals surface area contributed by atoms with E-state index in [1.54, 1.807) is 31.2 Å². The Morgan fingerprint density at radius 3 is 2.33 bits per heavy atom. The van der Waals surface area contributed by atoms with Gasteiger partial charge in [-0.05, 0) is 48.0 Å². The van der Waals surface area contributed by atoms with Crippen molar-refractivity contribution in [3.05, 3.63) is 53.6 Å². The van der Waals surface area contributed by atoms with Crippen LogP contribution in [-0.4, -0.2) is 10.6 Å². The lowest BCUT2D eigenvalue weighted by Gasteiger charge is -2.09. The van der Waals surface area contributed by atoms with E-state index in [4.69, 9.17) is 0 Å². The topological polar surface area (TPSA) is 32.3 Å². The van der Waals surface area contributed by atoms with Crippen molar-refractivity contribution in [3.8, 4) is 5.75 Å². The van der Waals surface area contributed by atoms with E-state index < -0.39 is 5.51 Å². The predicted molar refractivity (Wildman–Crippen MR) is 78.5 cm³/mol. The minimum absolute atomic E-state index is 0.126. The molecule has 0 fully saturated rings. The fourth-order valence-electron chi connectivity index (χ4n) is 1.73. The molecule has 0 unspecified atom stereocenters. The average Bonchev–Trinajstić information content (AvgIpc) is 2.40. The molecule has 112 valence electrons. The second kappa shape index (κ2) is 6.30. The van der Waals surface area contributed by atoms with Crippen molar-refractivity contribution >= 4 is 17.4 Å². The Balaban J connectivity index is 1.96. The Bertz CT molecular complexity index is 611. The minimum Gasteiger partial charge on any atom is -0.508 e. The van der Waals surface area contributed by atoms with Crippen molar-refractivity contribution in [2.45, 2.75) is 23.9 Å². The highest BCUT2D eigenvalue weighted by molar-refractivity contribution is 8.00. The molecule has 0 aliphatic rings. The zero-order valence-electron chi connectivity index (χ0n) is 11.2. The molecule has 21 heavy (non-hydrogen) atoms. The lowest BCUT2D eigenvalue weighted by Crippen LogP contribution is -2.01. The number of benzene rings is 2. The number of aromatic hydroxyl groups is 1. The van der Waals surface area contributed by atoms with Gasteiger partial charge in [0.25, 0.3) is 0 Å². The zero-order chi connectivity index (χ0) is 15.5. The summed E-state index contributed by atoms with van der Waals surface area (Å²) in [4.78, 5) is 0.166. The van der Waals surface area contributed by atoms with Crippen LogP contribution >= 0.6 is 11.8 Å². The Labute approximate surface area is 125 Å². The van der Waals surface area contributed by atoms with Crippen molar-refractivity contribution < 1.29 is 18.3 Å². The molecule has 2 rings (SSSR count). The fraction of sp³-hybridized carbons (Fsp3) is 0.200. The zero-order valence-corrected chi connectivity index (χ0v) is 12.1. The normalized spacial score (nSPS) is 11.4. The van der Waals surface area contributed by atoms with Gasteiger partial charge in [0.1, 0.15) is 5.75 Å². The number of phenolic OH excluding ortho intramolecular Hbond substituents is 1. The minimum atomic E-state index is -4.26. The average molecular weight is 313 g/mol. The molecule has 2 aromatic rings. The first kappa shape index (κ1) is 15.6. The van der Waals surface area contributed by atoms with Gasteiger partial charge in [-0.15, -0.1) is 0 Å². The van der Waals surface area contributed by atoms with E-state index in [1.807, 2.05) is 6.07 Å². The van der Waals surface area contributed by atoms with Crippen molar-refractivity contribution in [2.75, 3.05) is 5.32 Å². The third-order valence-corrected chi connectivity index (χ3v) is 3.60. The van der Waals surface area contributed by atoms with Gasteiger partial charge in [-0.1, -0.05) is 18.2 Å². The molecule has 0 aromatic heterocycles. The Morgan fingerprint density at radius 1 is 1.10 bits per heavy atom. The number of nitrogens with one attached hydrogen (secondary N) is 1. The summed E-state index contributed by atoms with van der Waals surface area (Å²) in [6, 6.07) is 11.4. The number of phenols is 1. The van der Waals surface area contributed by atoms with Crippen LogP contribution in [0.15, 0.2) is 47.4 Å². The largest absolute Gasteiger partial charge is 0.508 e. The van der Waals surface area contributed by atoms with E-state index in [2.05, 4.69) is 5.32 Å². The summed E-state index contributed by atoms with van der Waals surface area (Å²) in [5.74, 6) is 0.205. The van der Waals surface area contributed by atoms with Crippen LogP contribution in [0.3, 0.4) is 0 Å². The van der Waals surface area contributed by atoms with Gasteiger partial charge in [-0.3, -0.25) is 0 Å². The number of thioether (sulfide) groups is 1. The Morgan fingerprint density at radius 2 is 1.76 bits per heavy atom. The summed E-state index contributed by atoms with van der Waals surface area (Å²) in [6.07, 6.45) is 0. The molecule has 0 heterocycles. The third-order valence-electron chi connectivity index (χ3n) is 2.86. The SMILES string of the molecule is Cc1ccc(NCc2ccc(SC(F)(F)F)cc2)cc1O. The van der Waals surface area contributed by atoms with E-state index in [0.29, 0.717) is 6.54 Å². The highest BCUT2D eigenvalue weighted by Crippen LogP contribution is 2.36. The molecule has 0 amide bonds. The first-order valence-electron chi connectivity index (χ1n) is 6.22. The lowest BCUT2D eigenvalue weighted by molar-refractivity contribution is -0.0328. The summed E-state index contributed by atoms with van der Waals surface area (Å²) >= 11 is -0.126. The number of alkyl halides is 3. The van der Waals surface area contributed by atoms with Gasteiger partial charge in [0.2, 0.25) is 0 Å². The van der Waals surface area contributed by atoms with Gasteiger partial charge < -0.3 is 10.4 Å². The number of rotatable bonds is 4. The van der Waals surface area contributed by atoms with E-state index in [0.717, 1.165) is 16.8 Å². The highest BCUT2D eigenvalue weighted by atomic mass is 32.2. The van der Waals surface area contributed by atoms with Crippen LogP contribution in [0.1, 0.15) is 11.1 Å². The number of hydrogen-bond donors (Lipinski definition) is 2. The molecule has 0 bridgehead atoms. The van der Waals surface area contributed by atoms with Crippen molar-refractivity contribution in [2.24, 2.45) is 0 Å². The number of halogens is 3. The summed E-state index contributed by atoms with van der Waals surface area (Å²) in [5.41, 5.74) is -1.86. The van der Waals surface area contributed by atoms with Crippen molar-refractivity contribution in [1.82, 2.24) is 0 Å². The second-order valence-electron chi connectivity index (χ2n) is 4.55. The van der Waals surface area contributed by atoms with Crippen molar-refractivity contribution in [1.29, 1.82) is 0 Å². The van der Waals surface area contributed by atoms with Gasteiger partial charge >= 0.3 is 5.51 Å². The molecule has 0 saturated carbocycles. The molecular formula is C15H14F3NOS. The molecule has 2 nitrogen and oxygen atoms in total. The molecule has 0 saturated heterocycles. The molecule has 0 aliphatic carbocycles. The molecule has 6 heteroatoms. The Hall–Kier alpha value is -1.82. The molecule has 0 spiro atoms. The molecule has 0 aliphatic heterocycles. The van der Waals surface area contributed by atoms with Crippen LogP contribution in [0.2, 0.25) is 0 Å². The van der Waals surface area contributed by atoms with Crippen molar-refractivity contribution in [3.63, 3.8) is 0 Å². The predicted octanol–water partition coefficient (Wildman–Crippen LogP) is 4.92. The monoisotopic (exact) mass is 313 g/mol. The summed E-state index contributed by atoms with van der Waals surface area (Å²) < 4.78 is 36.6. The lowest BCUT2D eigenvalue weighted by atomic mass is 10.2. The highest BCUT2D eigenvalue weighted by Gasteiger charge is 2.28. The first-order valence-corrected chi connectivity index (χ1v) is 7.03. The van der Waals surface area contributed by atoms with E-state index in [-0.39, 0.29) is 22.4 Å². The maximum Gasteiger partial charge on any atom is 0.446 e. The van der Waals surface area contributed by atoms with E-state index in [9.17, 15) is 18.3 Å². The first-order chi connectivity index (χ1) is 9.83. The smallest absolute Gasteiger partial charge is 0.446 e. The van der Waals surface area contributed by atoms with Crippen LogP contribution in [0, 0.1) is 6.92 Å². The van der Waals surface area contributed by atoms with Gasteiger partial charge in [-0.2, -0.15) is 13.2 Å². The van der Waals surface area contributed by atoms with E-state index in [1.165, 1.54) is 12.1 Å². The standard InChI is InChI=1S/C15H14F3NOS/c1-10-2-5-12(8-14(10)20)19-9-11-3-6-13(7-4-11)21-15(16,17)18/h2-8,19-20H,9H2,1H3. The molecule has 2 aromatic carbocycles.